The van der Waals surface area contributed by atoms with Crippen LogP contribution in [0.4, 0.5) is 0 Å². The van der Waals surface area contributed by atoms with Crippen molar-refractivity contribution in [3.05, 3.63) is 77.9 Å². The summed E-state index contributed by atoms with van der Waals surface area (Å²) >= 11 is 0. The van der Waals surface area contributed by atoms with Gasteiger partial charge in [0.05, 0.1) is 0 Å². The Kier molecular flexibility index (Phi) is 4.16. The normalized spacial score (nSPS) is 10.7. The zero-order chi connectivity index (χ0) is 12.6. The molecule has 0 atom stereocenters. The number of allylic oxidation sites excluding steroid dienone is 1. The summed E-state index contributed by atoms with van der Waals surface area (Å²) in [6.45, 7) is 0. The van der Waals surface area contributed by atoms with Crippen LogP contribution in [0.25, 0.3) is 5.76 Å². The van der Waals surface area contributed by atoms with Crippen molar-refractivity contribution in [3.63, 3.8) is 0 Å². The summed E-state index contributed by atoms with van der Waals surface area (Å²) < 4.78 is 5.02. The van der Waals surface area contributed by atoms with Crippen LogP contribution in [0.1, 0.15) is 11.1 Å². The van der Waals surface area contributed by atoms with E-state index in [4.69, 9.17) is 10.00 Å². The molecule has 0 unspecified atom stereocenters. The molecule has 0 aliphatic heterocycles. The largest absolute Gasteiger partial charge is 0.388 e. The second-order valence-electron chi connectivity index (χ2n) is 3.82. The summed E-state index contributed by atoms with van der Waals surface area (Å²) in [7, 11) is 0. The molecule has 0 amide bonds. The van der Waals surface area contributed by atoms with E-state index in [9.17, 15) is 0 Å². The first-order valence-electron chi connectivity index (χ1n) is 5.75. The van der Waals surface area contributed by atoms with Crippen LogP contribution in [0.5, 0.6) is 0 Å². The molecular formula is C16H13NO. The molecular weight excluding hydrogens is 222 g/mol. The molecule has 18 heavy (non-hydrogen) atoms. The molecule has 0 aromatic heterocycles. The minimum absolute atomic E-state index is 0.599. The highest BCUT2D eigenvalue weighted by Gasteiger charge is 2.01. The summed E-state index contributed by atoms with van der Waals surface area (Å²) in [5, 5.41) is 8.68. The maximum atomic E-state index is 8.68. The summed E-state index contributed by atoms with van der Waals surface area (Å²) in [6.07, 6.45) is 4.40. The van der Waals surface area contributed by atoms with E-state index >= 15 is 0 Å². The van der Waals surface area contributed by atoms with Crippen LogP contribution >= 0.6 is 0 Å². The zero-order valence-corrected chi connectivity index (χ0v) is 9.91. The van der Waals surface area contributed by atoms with Crippen molar-refractivity contribution in [1.82, 2.24) is 0 Å². The van der Waals surface area contributed by atoms with Crippen molar-refractivity contribution in [2.75, 3.05) is 0 Å². The summed E-state index contributed by atoms with van der Waals surface area (Å²) in [4.78, 5) is 0. The molecule has 0 saturated heterocycles. The predicted octanol–water partition coefficient (Wildman–Crippen LogP) is 3.77. The van der Waals surface area contributed by atoms with Gasteiger partial charge in [-0.1, -0.05) is 60.7 Å². The first-order chi connectivity index (χ1) is 8.90. The third-order valence-corrected chi connectivity index (χ3v) is 2.58. The SMILES string of the molecule is N#COC(=CCc1ccccc1)c1ccccc1. The van der Waals surface area contributed by atoms with Crippen molar-refractivity contribution in [2.45, 2.75) is 6.42 Å². The van der Waals surface area contributed by atoms with Crippen LogP contribution in [0.2, 0.25) is 0 Å². The quantitative estimate of drug-likeness (QED) is 0.597. The highest BCUT2D eigenvalue weighted by Crippen LogP contribution is 2.16. The summed E-state index contributed by atoms with van der Waals surface area (Å²) in [5.74, 6) is 0.599. The topological polar surface area (TPSA) is 33.0 Å². The molecule has 0 aliphatic carbocycles. The number of nitriles is 1. The molecule has 0 saturated carbocycles. The first-order valence-corrected chi connectivity index (χ1v) is 5.75. The van der Waals surface area contributed by atoms with E-state index in [-0.39, 0.29) is 0 Å². The maximum absolute atomic E-state index is 8.68. The van der Waals surface area contributed by atoms with E-state index in [1.807, 2.05) is 66.7 Å². The molecule has 2 rings (SSSR count). The van der Waals surface area contributed by atoms with E-state index in [1.54, 1.807) is 6.26 Å². The molecule has 2 aromatic rings. The lowest BCUT2D eigenvalue weighted by Crippen LogP contribution is -1.89. The van der Waals surface area contributed by atoms with Gasteiger partial charge in [0.15, 0.2) is 0 Å². The van der Waals surface area contributed by atoms with E-state index in [1.165, 1.54) is 5.56 Å². The van der Waals surface area contributed by atoms with Gasteiger partial charge in [-0.3, -0.25) is 0 Å². The van der Waals surface area contributed by atoms with Crippen LogP contribution in [0, 0.1) is 11.5 Å². The van der Waals surface area contributed by atoms with Gasteiger partial charge < -0.3 is 4.74 Å². The molecule has 0 fully saturated rings. The predicted molar refractivity (Wildman–Crippen MR) is 71.3 cm³/mol. The first kappa shape index (κ1) is 11.9. The van der Waals surface area contributed by atoms with Crippen LogP contribution in [-0.4, -0.2) is 0 Å². The Hall–Kier alpha value is -2.53. The third kappa shape index (κ3) is 3.23. The lowest BCUT2D eigenvalue weighted by Gasteiger charge is -2.03. The van der Waals surface area contributed by atoms with Crippen molar-refractivity contribution < 1.29 is 4.74 Å². The van der Waals surface area contributed by atoms with Gasteiger partial charge in [0.2, 0.25) is 0 Å². The van der Waals surface area contributed by atoms with Crippen LogP contribution in [-0.2, 0) is 11.2 Å². The van der Waals surface area contributed by atoms with Gasteiger partial charge in [-0.15, -0.1) is 5.26 Å². The maximum Gasteiger partial charge on any atom is 0.292 e. The Bertz CT molecular complexity index is 553. The molecule has 0 radical (unpaired) electrons. The molecule has 0 spiro atoms. The fraction of sp³-hybridized carbons (Fsp3) is 0.0625. The van der Waals surface area contributed by atoms with Crippen molar-refractivity contribution in [2.24, 2.45) is 0 Å². The van der Waals surface area contributed by atoms with Gasteiger partial charge in [0.1, 0.15) is 5.76 Å². The van der Waals surface area contributed by atoms with E-state index in [0.717, 1.165) is 12.0 Å². The van der Waals surface area contributed by atoms with Gasteiger partial charge in [0, 0.05) is 5.56 Å². The van der Waals surface area contributed by atoms with Crippen molar-refractivity contribution in [1.29, 1.82) is 5.26 Å². The lowest BCUT2D eigenvalue weighted by molar-refractivity contribution is 0.461. The number of rotatable bonds is 4. The van der Waals surface area contributed by atoms with Crippen LogP contribution < -0.4 is 0 Å². The average molecular weight is 235 g/mol. The molecule has 2 heteroatoms. The van der Waals surface area contributed by atoms with E-state index < -0.39 is 0 Å². The van der Waals surface area contributed by atoms with Gasteiger partial charge in [-0.05, 0) is 18.1 Å². The lowest BCUT2D eigenvalue weighted by atomic mass is 10.1. The fourth-order valence-electron chi connectivity index (χ4n) is 1.69. The standard InChI is InChI=1S/C16H13NO/c17-13-18-16(15-9-5-2-6-10-15)12-11-14-7-3-1-4-8-14/h1-10,12H,11H2. The monoisotopic (exact) mass is 235 g/mol. The molecule has 2 nitrogen and oxygen atoms in total. The van der Waals surface area contributed by atoms with E-state index in [0.29, 0.717) is 5.76 Å². The third-order valence-electron chi connectivity index (χ3n) is 2.58. The van der Waals surface area contributed by atoms with Crippen molar-refractivity contribution >= 4 is 5.76 Å². The number of benzene rings is 2. The number of hydrogen-bond donors (Lipinski definition) is 0. The van der Waals surface area contributed by atoms with Crippen LogP contribution in [0.3, 0.4) is 0 Å². The fourth-order valence-corrected chi connectivity index (χ4v) is 1.69. The Balaban J connectivity index is 2.19. The number of hydrogen-bond acceptors (Lipinski definition) is 2. The number of nitrogens with zero attached hydrogens (tertiary/aromatic N) is 1. The highest BCUT2D eigenvalue weighted by molar-refractivity contribution is 5.60. The molecule has 88 valence electrons. The summed E-state index contributed by atoms with van der Waals surface area (Å²) in [5.41, 5.74) is 2.10. The van der Waals surface area contributed by atoms with Crippen LogP contribution in [0.15, 0.2) is 66.7 Å². The average Bonchev–Trinajstić information content (AvgIpc) is 2.45. The molecule has 0 N–H and O–H groups in total. The molecule has 0 heterocycles. The van der Waals surface area contributed by atoms with Crippen molar-refractivity contribution in [3.8, 4) is 6.26 Å². The second-order valence-corrected chi connectivity index (χ2v) is 3.82. The Labute approximate surface area is 107 Å². The smallest absolute Gasteiger partial charge is 0.292 e. The minimum atomic E-state index is 0.599. The summed E-state index contributed by atoms with van der Waals surface area (Å²) in [6, 6.07) is 19.7. The Morgan fingerprint density at radius 1 is 1.00 bits per heavy atom. The highest BCUT2D eigenvalue weighted by atomic mass is 16.5. The van der Waals surface area contributed by atoms with Gasteiger partial charge in [-0.2, -0.15) is 0 Å². The van der Waals surface area contributed by atoms with Gasteiger partial charge in [-0.25, -0.2) is 0 Å². The second kappa shape index (κ2) is 6.27. The molecule has 2 aromatic carbocycles. The zero-order valence-electron chi connectivity index (χ0n) is 9.91. The Morgan fingerprint density at radius 2 is 1.61 bits per heavy atom. The van der Waals surface area contributed by atoms with E-state index in [2.05, 4.69) is 0 Å². The number of ether oxygens (including phenoxy) is 1. The molecule has 0 bridgehead atoms. The molecule has 0 aliphatic rings. The Morgan fingerprint density at radius 3 is 2.22 bits per heavy atom. The minimum Gasteiger partial charge on any atom is -0.388 e. The van der Waals surface area contributed by atoms with Gasteiger partial charge in [0.25, 0.3) is 6.26 Å². The van der Waals surface area contributed by atoms with Gasteiger partial charge >= 0.3 is 0 Å².